The number of nitrogens with one attached hydrogen (secondary N) is 1. The van der Waals surface area contributed by atoms with E-state index in [1.54, 1.807) is 0 Å². The number of hydrogen-bond acceptors (Lipinski definition) is 5. The molecule has 1 aliphatic heterocycles. The largest absolute Gasteiger partial charge is 0.389 e. The number of hydrogen-bond donors (Lipinski definition) is 2. The Labute approximate surface area is 116 Å². The zero-order valence-electron chi connectivity index (χ0n) is 12.5. The lowest BCUT2D eigenvalue weighted by atomic mass is 9.92. The lowest BCUT2D eigenvalue weighted by Crippen LogP contribution is -2.49. The minimum absolute atomic E-state index is 0.0833. The third-order valence-electron chi connectivity index (χ3n) is 3.35. The summed E-state index contributed by atoms with van der Waals surface area (Å²) in [5.41, 5.74) is 0.0833. The molecule has 19 heavy (non-hydrogen) atoms. The molecule has 0 amide bonds. The van der Waals surface area contributed by atoms with Crippen LogP contribution in [0, 0.1) is 0 Å². The first-order valence-electron chi connectivity index (χ1n) is 7.22. The number of ether oxygens (including phenoxy) is 3. The van der Waals surface area contributed by atoms with Crippen LogP contribution in [0.15, 0.2) is 0 Å². The van der Waals surface area contributed by atoms with Gasteiger partial charge in [-0.05, 0) is 33.6 Å². The molecule has 5 heteroatoms. The summed E-state index contributed by atoms with van der Waals surface area (Å²) < 4.78 is 16.1. The maximum Gasteiger partial charge on any atom is 0.0897 e. The molecular formula is C14H29NO4. The van der Waals surface area contributed by atoms with Crippen LogP contribution in [0.3, 0.4) is 0 Å². The topological polar surface area (TPSA) is 60.0 Å². The monoisotopic (exact) mass is 275 g/mol. The molecule has 1 aliphatic rings. The molecule has 0 bridgehead atoms. The average molecular weight is 275 g/mol. The van der Waals surface area contributed by atoms with Crippen molar-refractivity contribution in [3.63, 3.8) is 0 Å². The summed E-state index contributed by atoms with van der Waals surface area (Å²) in [7, 11) is 0. The van der Waals surface area contributed by atoms with Crippen molar-refractivity contribution < 1.29 is 19.3 Å². The molecule has 1 rings (SSSR count). The highest BCUT2D eigenvalue weighted by molar-refractivity contribution is 4.86. The van der Waals surface area contributed by atoms with Crippen molar-refractivity contribution in [1.29, 1.82) is 0 Å². The average Bonchev–Trinajstić information content (AvgIpc) is 2.37. The van der Waals surface area contributed by atoms with Crippen molar-refractivity contribution >= 4 is 0 Å². The van der Waals surface area contributed by atoms with Crippen LogP contribution >= 0.6 is 0 Å². The molecule has 0 aliphatic carbocycles. The molecular weight excluding hydrogens is 246 g/mol. The summed E-state index contributed by atoms with van der Waals surface area (Å²) >= 11 is 0. The van der Waals surface area contributed by atoms with Gasteiger partial charge in [-0.1, -0.05) is 0 Å². The van der Waals surface area contributed by atoms with Crippen molar-refractivity contribution in [2.75, 3.05) is 39.6 Å². The SMILES string of the molecule is CC(C)OCCOCC(O)CNC1(C)CCOCC1. The fraction of sp³-hybridized carbons (Fsp3) is 1.00. The van der Waals surface area contributed by atoms with Crippen LogP contribution in [0.5, 0.6) is 0 Å². The van der Waals surface area contributed by atoms with Gasteiger partial charge < -0.3 is 24.6 Å². The van der Waals surface area contributed by atoms with E-state index in [1.807, 2.05) is 13.8 Å². The van der Waals surface area contributed by atoms with E-state index in [2.05, 4.69) is 12.2 Å². The van der Waals surface area contributed by atoms with Gasteiger partial charge in [-0.3, -0.25) is 0 Å². The molecule has 1 heterocycles. The molecule has 5 nitrogen and oxygen atoms in total. The summed E-state index contributed by atoms with van der Waals surface area (Å²) in [6, 6.07) is 0. The Morgan fingerprint density at radius 2 is 1.95 bits per heavy atom. The molecule has 1 saturated heterocycles. The predicted molar refractivity (Wildman–Crippen MR) is 74.4 cm³/mol. The second kappa shape index (κ2) is 8.87. The van der Waals surface area contributed by atoms with Crippen molar-refractivity contribution in [3.8, 4) is 0 Å². The smallest absolute Gasteiger partial charge is 0.0897 e. The lowest BCUT2D eigenvalue weighted by Gasteiger charge is -2.35. The molecule has 1 atom stereocenters. The molecule has 0 radical (unpaired) electrons. The van der Waals surface area contributed by atoms with Gasteiger partial charge >= 0.3 is 0 Å². The standard InChI is InChI=1S/C14H29NO4/c1-12(2)19-9-8-18-11-13(16)10-15-14(3)4-6-17-7-5-14/h12-13,15-16H,4-11H2,1-3H3. The van der Waals surface area contributed by atoms with E-state index in [4.69, 9.17) is 14.2 Å². The summed E-state index contributed by atoms with van der Waals surface area (Å²) in [6.07, 6.45) is 1.73. The summed E-state index contributed by atoms with van der Waals surface area (Å²) in [5, 5.41) is 13.3. The summed E-state index contributed by atoms with van der Waals surface area (Å²) in [6.45, 7) is 9.77. The Morgan fingerprint density at radius 1 is 1.26 bits per heavy atom. The fourth-order valence-corrected chi connectivity index (χ4v) is 1.98. The van der Waals surface area contributed by atoms with Crippen molar-refractivity contribution in [3.05, 3.63) is 0 Å². The van der Waals surface area contributed by atoms with Gasteiger partial charge in [0, 0.05) is 25.3 Å². The number of rotatable bonds is 9. The van der Waals surface area contributed by atoms with E-state index in [-0.39, 0.29) is 11.6 Å². The van der Waals surface area contributed by atoms with E-state index in [0.717, 1.165) is 26.1 Å². The van der Waals surface area contributed by atoms with Crippen LogP contribution in [0.1, 0.15) is 33.6 Å². The Hall–Kier alpha value is -0.200. The molecule has 2 N–H and O–H groups in total. The highest BCUT2D eigenvalue weighted by Gasteiger charge is 2.27. The molecule has 1 unspecified atom stereocenters. The number of aliphatic hydroxyl groups is 1. The zero-order chi connectivity index (χ0) is 14.1. The second-order valence-corrected chi connectivity index (χ2v) is 5.70. The Balaban J connectivity index is 2.02. The van der Waals surface area contributed by atoms with Gasteiger partial charge in [0.15, 0.2) is 0 Å². The number of β-amino-alcohol motifs (C(OH)–C–C–N with tert-alkyl or cyclic N) is 1. The Morgan fingerprint density at radius 3 is 2.58 bits per heavy atom. The molecule has 1 fully saturated rings. The maximum atomic E-state index is 9.84. The third-order valence-corrected chi connectivity index (χ3v) is 3.35. The van der Waals surface area contributed by atoms with Crippen LogP contribution < -0.4 is 5.32 Å². The highest BCUT2D eigenvalue weighted by atomic mass is 16.5. The Bertz CT molecular complexity index is 229. The van der Waals surface area contributed by atoms with Crippen LogP contribution in [0.2, 0.25) is 0 Å². The first-order chi connectivity index (χ1) is 9.02. The van der Waals surface area contributed by atoms with Crippen molar-refractivity contribution in [1.82, 2.24) is 5.32 Å². The first kappa shape index (κ1) is 16.9. The van der Waals surface area contributed by atoms with Gasteiger partial charge in [-0.25, -0.2) is 0 Å². The van der Waals surface area contributed by atoms with Gasteiger partial charge in [0.25, 0.3) is 0 Å². The van der Waals surface area contributed by atoms with Crippen molar-refractivity contribution in [2.45, 2.75) is 51.4 Å². The van der Waals surface area contributed by atoms with Crippen LogP contribution in [0.25, 0.3) is 0 Å². The highest BCUT2D eigenvalue weighted by Crippen LogP contribution is 2.19. The molecule has 0 aromatic rings. The Kier molecular flexibility index (Phi) is 7.87. The van der Waals surface area contributed by atoms with E-state index in [0.29, 0.717) is 26.4 Å². The normalized spacial score (nSPS) is 20.7. The van der Waals surface area contributed by atoms with E-state index >= 15 is 0 Å². The predicted octanol–water partition coefficient (Wildman–Crippen LogP) is 0.948. The maximum absolute atomic E-state index is 9.84. The molecule has 0 spiro atoms. The summed E-state index contributed by atoms with van der Waals surface area (Å²) in [5.74, 6) is 0. The van der Waals surface area contributed by atoms with E-state index < -0.39 is 6.10 Å². The van der Waals surface area contributed by atoms with E-state index in [1.165, 1.54) is 0 Å². The van der Waals surface area contributed by atoms with E-state index in [9.17, 15) is 5.11 Å². The molecule has 0 aromatic heterocycles. The first-order valence-corrected chi connectivity index (χ1v) is 7.22. The molecule has 0 saturated carbocycles. The minimum Gasteiger partial charge on any atom is -0.389 e. The quantitative estimate of drug-likeness (QED) is 0.614. The van der Waals surface area contributed by atoms with Crippen molar-refractivity contribution in [2.24, 2.45) is 0 Å². The van der Waals surface area contributed by atoms with Gasteiger partial charge in [0.1, 0.15) is 0 Å². The van der Waals surface area contributed by atoms with Crippen LogP contribution in [-0.2, 0) is 14.2 Å². The summed E-state index contributed by atoms with van der Waals surface area (Å²) in [4.78, 5) is 0. The molecule has 114 valence electrons. The van der Waals surface area contributed by atoms with Crippen LogP contribution in [-0.4, -0.2) is 62.4 Å². The lowest BCUT2D eigenvalue weighted by molar-refractivity contribution is -0.0148. The third kappa shape index (κ3) is 7.84. The van der Waals surface area contributed by atoms with Gasteiger partial charge in [-0.15, -0.1) is 0 Å². The second-order valence-electron chi connectivity index (χ2n) is 5.70. The zero-order valence-corrected chi connectivity index (χ0v) is 12.5. The van der Waals surface area contributed by atoms with Gasteiger partial charge in [0.05, 0.1) is 32.0 Å². The minimum atomic E-state index is -0.473. The number of aliphatic hydroxyl groups excluding tert-OH is 1. The van der Waals surface area contributed by atoms with Gasteiger partial charge in [-0.2, -0.15) is 0 Å². The van der Waals surface area contributed by atoms with Crippen LogP contribution in [0.4, 0.5) is 0 Å². The fourth-order valence-electron chi connectivity index (χ4n) is 1.98. The molecule has 0 aromatic carbocycles. The van der Waals surface area contributed by atoms with Gasteiger partial charge in [0.2, 0.25) is 0 Å².